The molecule has 1 aliphatic carbocycles. The lowest BCUT2D eigenvalue weighted by Crippen LogP contribution is -2.32. The summed E-state index contributed by atoms with van der Waals surface area (Å²) in [6.07, 6.45) is 2.80. The van der Waals surface area contributed by atoms with Gasteiger partial charge in [0.1, 0.15) is 17.4 Å². The van der Waals surface area contributed by atoms with Crippen LogP contribution >= 0.6 is 0 Å². The maximum Gasteiger partial charge on any atom is 0.183 e. The predicted octanol–water partition coefficient (Wildman–Crippen LogP) is 3.14. The van der Waals surface area contributed by atoms with Crippen LogP contribution in [-0.4, -0.2) is 25.2 Å². The van der Waals surface area contributed by atoms with Crippen LogP contribution in [0.3, 0.4) is 0 Å². The van der Waals surface area contributed by atoms with Crippen LogP contribution < -0.4 is 0 Å². The number of rotatable bonds is 4. The van der Waals surface area contributed by atoms with Crippen molar-refractivity contribution in [2.45, 2.75) is 37.9 Å². The highest BCUT2D eigenvalue weighted by molar-refractivity contribution is 7.92. The maximum absolute atomic E-state index is 13.5. The Balaban J connectivity index is 2.18. The van der Waals surface area contributed by atoms with Gasteiger partial charge < -0.3 is 0 Å². The average molecular weight is 316 g/mol. The van der Waals surface area contributed by atoms with E-state index in [0.717, 1.165) is 31.0 Å². The van der Waals surface area contributed by atoms with Crippen LogP contribution in [0.15, 0.2) is 18.2 Å². The quantitative estimate of drug-likeness (QED) is 0.802. The molecule has 1 fully saturated rings. The molecule has 1 aliphatic rings. The topological polar surface area (TPSA) is 51.2 Å². The van der Waals surface area contributed by atoms with Crippen LogP contribution in [0.5, 0.6) is 0 Å². The molecule has 6 heteroatoms. The first-order valence-corrected chi connectivity index (χ1v) is 8.71. The molecule has 21 heavy (non-hydrogen) atoms. The van der Waals surface area contributed by atoms with Crippen LogP contribution in [0.1, 0.15) is 43.0 Å². The van der Waals surface area contributed by atoms with E-state index in [1.807, 2.05) is 6.92 Å². The van der Waals surface area contributed by atoms with E-state index in [1.165, 1.54) is 0 Å². The minimum absolute atomic E-state index is 0.291. The van der Waals surface area contributed by atoms with Crippen LogP contribution in [0.2, 0.25) is 0 Å². The molecule has 2 rings (SSSR count). The second-order valence-electron chi connectivity index (χ2n) is 5.72. The van der Waals surface area contributed by atoms with Gasteiger partial charge in [-0.3, -0.25) is 4.79 Å². The van der Waals surface area contributed by atoms with E-state index in [4.69, 9.17) is 0 Å². The Morgan fingerprint density at radius 2 is 1.86 bits per heavy atom. The number of Topliss-reactive ketones (excluding diaryl/α,β-unsaturated/α-hetero) is 1. The standard InChI is InChI=1S/C15H18F2O3S/c1-10-4-2-5-11(8-10)21(19,20)9-14(18)15-12(16)6-3-7-13(15)17/h3,6-7,10-11H,2,4-5,8-9H2,1H3. The summed E-state index contributed by atoms with van der Waals surface area (Å²) in [5, 5.41) is -0.583. The molecule has 0 amide bonds. The van der Waals surface area contributed by atoms with Crippen molar-refractivity contribution in [3.8, 4) is 0 Å². The summed E-state index contributed by atoms with van der Waals surface area (Å²) >= 11 is 0. The molecule has 1 saturated carbocycles. The van der Waals surface area contributed by atoms with Gasteiger partial charge in [0.2, 0.25) is 0 Å². The Labute approximate surface area is 123 Å². The third kappa shape index (κ3) is 3.67. The fourth-order valence-electron chi connectivity index (χ4n) is 2.84. The first kappa shape index (κ1) is 16.1. The number of sulfone groups is 1. The zero-order valence-electron chi connectivity index (χ0n) is 11.8. The summed E-state index contributed by atoms with van der Waals surface area (Å²) in [5.74, 6) is -3.59. The Bertz CT molecular complexity index is 620. The monoisotopic (exact) mass is 316 g/mol. The second kappa shape index (κ2) is 6.22. The third-order valence-corrected chi connectivity index (χ3v) is 6.08. The second-order valence-corrected chi connectivity index (χ2v) is 8.00. The van der Waals surface area contributed by atoms with Crippen molar-refractivity contribution in [2.75, 3.05) is 5.75 Å². The molecule has 0 aliphatic heterocycles. The van der Waals surface area contributed by atoms with Crippen molar-refractivity contribution in [1.29, 1.82) is 0 Å². The van der Waals surface area contributed by atoms with Crippen LogP contribution in [0.4, 0.5) is 8.78 Å². The van der Waals surface area contributed by atoms with Crippen LogP contribution in [0.25, 0.3) is 0 Å². The zero-order chi connectivity index (χ0) is 15.6. The van der Waals surface area contributed by atoms with E-state index in [1.54, 1.807) is 0 Å². The molecular weight excluding hydrogens is 298 g/mol. The Morgan fingerprint density at radius 3 is 2.43 bits per heavy atom. The Hall–Kier alpha value is -1.30. The lowest BCUT2D eigenvalue weighted by molar-refractivity contribution is 0.101. The third-order valence-electron chi connectivity index (χ3n) is 3.97. The van der Waals surface area contributed by atoms with Crippen molar-refractivity contribution in [3.63, 3.8) is 0 Å². The minimum Gasteiger partial charge on any atom is -0.293 e. The number of halogens is 2. The zero-order valence-corrected chi connectivity index (χ0v) is 12.6. The van der Waals surface area contributed by atoms with E-state index in [2.05, 4.69) is 0 Å². The number of hydrogen-bond donors (Lipinski definition) is 0. The summed E-state index contributed by atoms with van der Waals surface area (Å²) < 4.78 is 51.6. The Kier molecular flexibility index (Phi) is 4.76. The number of carbonyl (C=O) groups is 1. The van der Waals surface area contributed by atoms with E-state index >= 15 is 0 Å². The molecule has 1 aromatic rings. The van der Waals surface area contributed by atoms with Crippen molar-refractivity contribution in [2.24, 2.45) is 5.92 Å². The first-order chi connectivity index (χ1) is 9.81. The number of ketones is 1. The summed E-state index contributed by atoms with van der Waals surface area (Å²) in [7, 11) is -3.68. The smallest absolute Gasteiger partial charge is 0.183 e. The fraction of sp³-hybridized carbons (Fsp3) is 0.533. The largest absolute Gasteiger partial charge is 0.293 e. The molecule has 0 saturated heterocycles. The van der Waals surface area contributed by atoms with Gasteiger partial charge >= 0.3 is 0 Å². The van der Waals surface area contributed by atoms with Gasteiger partial charge in [0, 0.05) is 0 Å². The molecule has 0 bridgehead atoms. The van der Waals surface area contributed by atoms with Gasteiger partial charge in [-0.05, 0) is 30.9 Å². The lowest BCUT2D eigenvalue weighted by Gasteiger charge is -2.26. The number of carbonyl (C=O) groups excluding carboxylic acids is 1. The van der Waals surface area contributed by atoms with Crippen molar-refractivity contribution in [1.82, 2.24) is 0 Å². The van der Waals surface area contributed by atoms with E-state index < -0.39 is 43.8 Å². The SMILES string of the molecule is CC1CCCC(S(=O)(=O)CC(=O)c2c(F)cccc2F)C1. The summed E-state index contributed by atoms with van der Waals surface area (Å²) in [5.41, 5.74) is -0.759. The average Bonchev–Trinajstić information content (AvgIpc) is 2.37. The Morgan fingerprint density at radius 1 is 1.24 bits per heavy atom. The predicted molar refractivity (Wildman–Crippen MR) is 75.9 cm³/mol. The molecule has 0 radical (unpaired) electrons. The van der Waals surface area contributed by atoms with Crippen LogP contribution in [0, 0.1) is 17.6 Å². The molecule has 0 spiro atoms. The first-order valence-electron chi connectivity index (χ1n) is 7.00. The van der Waals surface area contributed by atoms with E-state index in [-0.39, 0.29) is 0 Å². The van der Waals surface area contributed by atoms with Crippen molar-refractivity contribution >= 4 is 15.6 Å². The molecular formula is C15H18F2O3S. The van der Waals surface area contributed by atoms with Crippen molar-refractivity contribution in [3.05, 3.63) is 35.4 Å². The summed E-state index contributed by atoms with van der Waals surface area (Å²) in [6.45, 7) is 1.97. The van der Waals surface area contributed by atoms with E-state index in [0.29, 0.717) is 18.8 Å². The highest BCUT2D eigenvalue weighted by Crippen LogP contribution is 2.29. The van der Waals surface area contributed by atoms with Crippen molar-refractivity contribution < 1.29 is 22.0 Å². The molecule has 116 valence electrons. The van der Waals surface area contributed by atoms with Gasteiger partial charge in [0.05, 0.1) is 10.8 Å². The summed E-state index contributed by atoms with van der Waals surface area (Å²) in [6, 6.07) is 3.04. The lowest BCUT2D eigenvalue weighted by atomic mass is 9.91. The molecule has 2 unspecified atom stereocenters. The normalized spacial score (nSPS) is 23.0. The molecule has 0 N–H and O–H groups in total. The number of hydrogen-bond acceptors (Lipinski definition) is 3. The van der Waals surface area contributed by atoms with Gasteiger partial charge in [-0.25, -0.2) is 17.2 Å². The molecule has 3 nitrogen and oxygen atoms in total. The minimum atomic E-state index is -3.68. The van der Waals surface area contributed by atoms with E-state index in [9.17, 15) is 22.0 Å². The summed E-state index contributed by atoms with van der Waals surface area (Å²) in [4.78, 5) is 12.0. The highest BCUT2D eigenvalue weighted by Gasteiger charge is 2.33. The van der Waals surface area contributed by atoms with Gasteiger partial charge in [-0.15, -0.1) is 0 Å². The maximum atomic E-state index is 13.5. The molecule has 2 atom stereocenters. The van der Waals surface area contributed by atoms with Gasteiger partial charge in [0.25, 0.3) is 0 Å². The van der Waals surface area contributed by atoms with Crippen LogP contribution in [-0.2, 0) is 9.84 Å². The van der Waals surface area contributed by atoms with Gasteiger partial charge in [0.15, 0.2) is 15.6 Å². The van der Waals surface area contributed by atoms with Gasteiger partial charge in [-0.1, -0.05) is 25.8 Å². The fourth-order valence-corrected chi connectivity index (χ4v) is 4.73. The molecule has 0 aromatic heterocycles. The highest BCUT2D eigenvalue weighted by atomic mass is 32.2. The molecule has 1 aromatic carbocycles. The number of benzene rings is 1. The molecule has 0 heterocycles. The van der Waals surface area contributed by atoms with Gasteiger partial charge in [-0.2, -0.15) is 0 Å².